The third kappa shape index (κ3) is 3.15. The summed E-state index contributed by atoms with van der Waals surface area (Å²) in [5.74, 6) is 0.0553. The van der Waals surface area contributed by atoms with Gasteiger partial charge in [-0.05, 0) is 57.2 Å². The molecule has 0 radical (unpaired) electrons. The lowest BCUT2D eigenvalue weighted by Crippen LogP contribution is -2.57. The van der Waals surface area contributed by atoms with Gasteiger partial charge in [0.05, 0.1) is 11.1 Å². The lowest BCUT2D eigenvalue weighted by atomic mass is 9.84. The van der Waals surface area contributed by atoms with Gasteiger partial charge in [-0.15, -0.1) is 0 Å². The molecule has 3 aliphatic rings. The minimum atomic E-state index is -0.444. The molecule has 0 bridgehead atoms. The maximum absolute atomic E-state index is 13.0. The first-order chi connectivity index (χ1) is 13.6. The van der Waals surface area contributed by atoms with Crippen LogP contribution in [-0.2, 0) is 4.79 Å². The molecule has 2 amide bonds. The Balaban J connectivity index is 1.32. The van der Waals surface area contributed by atoms with Gasteiger partial charge in [-0.2, -0.15) is 0 Å². The third-order valence-corrected chi connectivity index (χ3v) is 6.42. The minimum absolute atomic E-state index is 0.0120. The molecule has 146 valence electrons. The predicted molar refractivity (Wildman–Crippen MR) is 107 cm³/mol. The van der Waals surface area contributed by atoms with E-state index >= 15 is 0 Å². The van der Waals surface area contributed by atoms with Crippen LogP contribution >= 0.6 is 0 Å². The van der Waals surface area contributed by atoms with E-state index in [0.717, 1.165) is 56.1 Å². The highest BCUT2D eigenvalue weighted by atomic mass is 16.2. The van der Waals surface area contributed by atoms with Crippen molar-refractivity contribution in [2.24, 2.45) is 0 Å². The van der Waals surface area contributed by atoms with Crippen LogP contribution in [0.4, 0.5) is 0 Å². The van der Waals surface area contributed by atoms with Crippen molar-refractivity contribution in [2.75, 3.05) is 13.1 Å². The number of para-hydroxylation sites is 1. The Labute approximate surface area is 164 Å². The lowest BCUT2D eigenvalue weighted by molar-refractivity contribution is -0.134. The van der Waals surface area contributed by atoms with Crippen molar-refractivity contribution < 1.29 is 9.59 Å². The molecule has 1 aromatic heterocycles. The smallest absolute Gasteiger partial charge is 0.253 e. The van der Waals surface area contributed by atoms with Crippen LogP contribution in [-0.4, -0.2) is 52.4 Å². The Hall–Kier alpha value is -2.47. The number of hydrogen-bond donors (Lipinski definition) is 2. The molecule has 6 nitrogen and oxygen atoms in total. The third-order valence-electron chi connectivity index (χ3n) is 6.42. The fourth-order valence-electron chi connectivity index (χ4n) is 4.79. The second-order valence-electron chi connectivity index (χ2n) is 8.47. The Morgan fingerprint density at radius 3 is 2.82 bits per heavy atom. The number of piperidine rings is 1. The number of pyridine rings is 1. The van der Waals surface area contributed by atoms with E-state index in [0.29, 0.717) is 18.0 Å². The van der Waals surface area contributed by atoms with E-state index in [1.54, 1.807) is 6.20 Å². The van der Waals surface area contributed by atoms with Gasteiger partial charge >= 0.3 is 0 Å². The molecule has 28 heavy (non-hydrogen) atoms. The molecule has 6 heteroatoms. The van der Waals surface area contributed by atoms with Crippen molar-refractivity contribution >= 4 is 22.7 Å². The normalized spacial score (nSPS) is 27.4. The van der Waals surface area contributed by atoms with Gasteiger partial charge in [-0.3, -0.25) is 19.5 Å². The average molecular weight is 378 g/mol. The van der Waals surface area contributed by atoms with E-state index in [2.05, 4.69) is 20.5 Å². The highest BCUT2D eigenvalue weighted by molar-refractivity contribution is 5.97. The van der Waals surface area contributed by atoms with E-state index in [4.69, 9.17) is 0 Å². The molecular weight excluding hydrogens is 352 g/mol. The highest BCUT2D eigenvalue weighted by Crippen LogP contribution is 2.39. The van der Waals surface area contributed by atoms with Gasteiger partial charge in [0, 0.05) is 30.2 Å². The number of aromatic nitrogens is 1. The Morgan fingerprint density at radius 2 is 1.96 bits per heavy atom. The summed E-state index contributed by atoms with van der Waals surface area (Å²) in [6, 6.07) is 10.0. The van der Waals surface area contributed by atoms with E-state index in [-0.39, 0.29) is 17.9 Å². The van der Waals surface area contributed by atoms with Crippen LogP contribution in [0.3, 0.4) is 0 Å². The highest BCUT2D eigenvalue weighted by Gasteiger charge is 2.52. The molecule has 0 spiro atoms. The second-order valence-corrected chi connectivity index (χ2v) is 8.47. The molecule has 2 aliphatic heterocycles. The Kier molecular flexibility index (Phi) is 4.31. The van der Waals surface area contributed by atoms with Crippen LogP contribution in [0.15, 0.2) is 36.5 Å². The molecule has 0 unspecified atom stereocenters. The number of amides is 2. The molecule has 2 atom stereocenters. The first-order valence-corrected chi connectivity index (χ1v) is 10.4. The number of fused-ring (bicyclic) bond motifs is 2. The number of rotatable bonds is 4. The van der Waals surface area contributed by atoms with Gasteiger partial charge in [0.25, 0.3) is 5.91 Å². The first kappa shape index (κ1) is 17.6. The zero-order valence-corrected chi connectivity index (χ0v) is 16.0. The van der Waals surface area contributed by atoms with E-state index in [9.17, 15) is 9.59 Å². The van der Waals surface area contributed by atoms with Gasteiger partial charge in [-0.25, -0.2) is 0 Å². The van der Waals surface area contributed by atoms with Crippen LogP contribution < -0.4 is 10.6 Å². The molecule has 1 aromatic carbocycles. The van der Waals surface area contributed by atoms with Crippen molar-refractivity contribution in [2.45, 2.75) is 56.1 Å². The number of nitrogens with one attached hydrogen (secondary N) is 2. The summed E-state index contributed by atoms with van der Waals surface area (Å²) in [5.41, 5.74) is 1.01. The van der Waals surface area contributed by atoms with Gasteiger partial charge in [0.15, 0.2) is 0 Å². The van der Waals surface area contributed by atoms with Crippen LogP contribution in [0.1, 0.15) is 48.9 Å². The summed E-state index contributed by atoms with van der Waals surface area (Å²) >= 11 is 0. The van der Waals surface area contributed by atoms with Crippen LogP contribution in [0.2, 0.25) is 0 Å². The fraction of sp³-hybridized carbons (Fsp3) is 0.500. The van der Waals surface area contributed by atoms with Crippen LogP contribution in [0.5, 0.6) is 0 Å². The molecule has 2 aromatic rings. The maximum Gasteiger partial charge on any atom is 0.253 e. The number of carbonyl (C=O) groups excluding carboxylic acids is 2. The van der Waals surface area contributed by atoms with E-state index < -0.39 is 5.54 Å². The quantitative estimate of drug-likeness (QED) is 0.856. The van der Waals surface area contributed by atoms with Crippen molar-refractivity contribution in [3.8, 4) is 0 Å². The zero-order chi connectivity index (χ0) is 19.1. The number of benzene rings is 1. The van der Waals surface area contributed by atoms with Gasteiger partial charge in [-0.1, -0.05) is 18.2 Å². The fourth-order valence-corrected chi connectivity index (χ4v) is 4.79. The number of hydrogen-bond acceptors (Lipinski definition) is 4. The van der Waals surface area contributed by atoms with E-state index in [1.807, 2.05) is 30.3 Å². The van der Waals surface area contributed by atoms with Gasteiger partial charge < -0.3 is 10.6 Å². The first-order valence-electron chi connectivity index (χ1n) is 10.4. The molecule has 2 saturated heterocycles. The summed E-state index contributed by atoms with van der Waals surface area (Å²) < 4.78 is 0. The van der Waals surface area contributed by atoms with Crippen molar-refractivity contribution in [3.63, 3.8) is 0 Å². The molecule has 3 fully saturated rings. The lowest BCUT2D eigenvalue weighted by Gasteiger charge is -2.40. The Bertz CT molecular complexity index is 926. The predicted octanol–water partition coefficient (Wildman–Crippen LogP) is 2.24. The summed E-state index contributed by atoms with van der Waals surface area (Å²) in [7, 11) is 0. The molecule has 1 aliphatic carbocycles. The average Bonchev–Trinajstić information content (AvgIpc) is 3.45. The number of nitrogens with zero attached hydrogens (tertiary/aromatic N) is 2. The largest absolute Gasteiger partial charge is 0.352 e. The topological polar surface area (TPSA) is 74.3 Å². The molecule has 1 saturated carbocycles. The molecule has 2 N–H and O–H groups in total. The standard InChI is InChI=1S/C22H26N4O2/c27-20(16-11-15-5-1-2-6-19(15)23-13-16)24-18-12-22(21(28)25-17-7-8-17)9-3-4-10-26(22)14-18/h1-2,5-6,11,13,17-18H,3-4,7-10,12,14H2,(H,24,27)(H,25,28)/t18-,22-/m0/s1. The number of carbonyl (C=O) groups is 2. The molecule has 5 rings (SSSR count). The van der Waals surface area contributed by atoms with Gasteiger partial charge in [0.2, 0.25) is 5.91 Å². The summed E-state index contributed by atoms with van der Waals surface area (Å²) in [5, 5.41) is 7.33. The van der Waals surface area contributed by atoms with Crippen molar-refractivity contribution in [1.29, 1.82) is 0 Å². The van der Waals surface area contributed by atoms with Crippen molar-refractivity contribution in [1.82, 2.24) is 20.5 Å². The molecule has 3 heterocycles. The Morgan fingerprint density at radius 1 is 1.11 bits per heavy atom. The van der Waals surface area contributed by atoms with Crippen molar-refractivity contribution in [3.05, 3.63) is 42.1 Å². The molecular formula is C22H26N4O2. The maximum atomic E-state index is 13.0. The van der Waals surface area contributed by atoms with Crippen LogP contribution in [0, 0.1) is 0 Å². The monoisotopic (exact) mass is 378 g/mol. The minimum Gasteiger partial charge on any atom is -0.352 e. The van der Waals surface area contributed by atoms with Gasteiger partial charge in [0.1, 0.15) is 5.54 Å². The van der Waals surface area contributed by atoms with Crippen LogP contribution in [0.25, 0.3) is 10.9 Å². The summed E-state index contributed by atoms with van der Waals surface area (Å²) in [6.07, 6.45) is 7.59. The summed E-state index contributed by atoms with van der Waals surface area (Å²) in [6.45, 7) is 1.67. The van der Waals surface area contributed by atoms with E-state index in [1.165, 1.54) is 0 Å². The second kappa shape index (κ2) is 6.85. The zero-order valence-electron chi connectivity index (χ0n) is 16.0. The summed E-state index contributed by atoms with van der Waals surface area (Å²) in [4.78, 5) is 32.6. The SMILES string of the molecule is O=C(N[C@@H]1CN2CCCC[C@@]2(C(=O)NC2CC2)C1)c1cnc2ccccc2c1.